The molecule has 1 aromatic carbocycles. The first-order valence-corrected chi connectivity index (χ1v) is 10.7. The van der Waals surface area contributed by atoms with Crippen molar-refractivity contribution in [3.05, 3.63) is 46.5 Å². The zero-order valence-corrected chi connectivity index (χ0v) is 17.0. The van der Waals surface area contributed by atoms with Crippen LogP contribution in [0.15, 0.2) is 39.4 Å². The molecule has 1 amide bonds. The van der Waals surface area contributed by atoms with E-state index in [1.165, 1.54) is 35.2 Å². The van der Waals surface area contributed by atoms with Crippen LogP contribution in [0.2, 0.25) is 0 Å². The highest BCUT2D eigenvalue weighted by Crippen LogP contribution is 2.29. The number of aromatic nitrogens is 2. The molecule has 0 fully saturated rings. The number of thioether (sulfide) groups is 1. The number of hydrogen-bond acceptors (Lipinski definition) is 6. The number of nitrogens with one attached hydrogen (secondary N) is 1. The van der Waals surface area contributed by atoms with Crippen LogP contribution in [0, 0.1) is 5.82 Å². The van der Waals surface area contributed by atoms with E-state index in [-0.39, 0.29) is 22.9 Å². The molecule has 0 bridgehead atoms. The second kappa shape index (κ2) is 7.85. The molecule has 0 saturated heterocycles. The number of benzene rings is 1. The molecule has 0 aliphatic heterocycles. The fourth-order valence-corrected chi connectivity index (χ4v) is 4.62. The maximum absolute atomic E-state index is 13.0. The average Bonchev–Trinajstić information content (AvgIpc) is 3.22. The van der Waals surface area contributed by atoms with Crippen LogP contribution >= 0.6 is 34.4 Å². The summed E-state index contributed by atoms with van der Waals surface area (Å²) < 4.78 is 13.9. The van der Waals surface area contributed by atoms with Crippen LogP contribution in [0.4, 0.5) is 9.52 Å². The number of carbonyl (C=O) groups excluding carboxylic acids is 1. The summed E-state index contributed by atoms with van der Waals surface area (Å²) in [5.41, 5.74) is 2.58. The number of hydrogen-bond donors (Lipinski definition) is 1. The van der Waals surface area contributed by atoms with Gasteiger partial charge in [0, 0.05) is 21.7 Å². The molecular formula is C18H18FN3OS3. The SMILES string of the molecule is CC(C)(C)c1csc(SCC(=O)Nc2nc(-c3ccc(F)cc3)cs2)n1. The van der Waals surface area contributed by atoms with Gasteiger partial charge in [-0.2, -0.15) is 0 Å². The smallest absolute Gasteiger partial charge is 0.236 e. The number of halogens is 1. The molecule has 3 aromatic rings. The van der Waals surface area contributed by atoms with Crippen molar-refractivity contribution in [2.45, 2.75) is 30.5 Å². The molecule has 0 aliphatic rings. The Labute approximate surface area is 163 Å². The van der Waals surface area contributed by atoms with Crippen LogP contribution in [0.3, 0.4) is 0 Å². The minimum Gasteiger partial charge on any atom is -0.301 e. The standard InChI is InChI=1S/C18H18FN3OS3/c1-18(2,3)14-9-25-17(21-14)26-10-15(23)22-16-20-13(8-24-16)11-4-6-12(19)7-5-11/h4-9H,10H2,1-3H3,(H,20,22,23). The van der Waals surface area contributed by atoms with Gasteiger partial charge in [-0.3, -0.25) is 4.79 Å². The molecule has 136 valence electrons. The number of amides is 1. The van der Waals surface area contributed by atoms with Crippen LogP contribution in [-0.4, -0.2) is 21.6 Å². The molecule has 8 heteroatoms. The van der Waals surface area contributed by atoms with Crippen molar-refractivity contribution >= 4 is 45.5 Å². The van der Waals surface area contributed by atoms with Crippen LogP contribution in [0.5, 0.6) is 0 Å². The lowest BCUT2D eigenvalue weighted by atomic mass is 9.93. The minimum atomic E-state index is -0.286. The Balaban J connectivity index is 1.55. The highest BCUT2D eigenvalue weighted by atomic mass is 32.2. The largest absolute Gasteiger partial charge is 0.301 e. The van der Waals surface area contributed by atoms with Gasteiger partial charge in [-0.1, -0.05) is 32.5 Å². The van der Waals surface area contributed by atoms with E-state index in [2.05, 4.69) is 36.1 Å². The Kier molecular flexibility index (Phi) is 5.74. The van der Waals surface area contributed by atoms with E-state index in [4.69, 9.17) is 0 Å². The van der Waals surface area contributed by atoms with Crippen LogP contribution < -0.4 is 5.32 Å². The topological polar surface area (TPSA) is 54.9 Å². The highest BCUT2D eigenvalue weighted by Gasteiger charge is 2.18. The molecule has 0 unspecified atom stereocenters. The van der Waals surface area contributed by atoms with E-state index in [1.54, 1.807) is 23.5 Å². The first-order chi connectivity index (χ1) is 12.3. The van der Waals surface area contributed by atoms with Crippen molar-refractivity contribution in [3.8, 4) is 11.3 Å². The van der Waals surface area contributed by atoms with Gasteiger partial charge in [-0.25, -0.2) is 14.4 Å². The maximum Gasteiger partial charge on any atom is 0.236 e. The summed E-state index contributed by atoms with van der Waals surface area (Å²) in [6.07, 6.45) is 0. The fraction of sp³-hybridized carbons (Fsp3) is 0.278. The summed E-state index contributed by atoms with van der Waals surface area (Å²) in [6.45, 7) is 6.35. The Bertz CT molecular complexity index is 897. The molecule has 0 spiro atoms. The van der Waals surface area contributed by atoms with E-state index in [1.807, 2.05) is 10.8 Å². The van der Waals surface area contributed by atoms with Gasteiger partial charge in [0.25, 0.3) is 0 Å². The van der Waals surface area contributed by atoms with Gasteiger partial charge in [-0.05, 0) is 24.3 Å². The summed E-state index contributed by atoms with van der Waals surface area (Å²) in [7, 11) is 0. The molecular weight excluding hydrogens is 389 g/mol. The molecule has 3 rings (SSSR count). The number of rotatable bonds is 5. The molecule has 2 aromatic heterocycles. The van der Waals surface area contributed by atoms with Gasteiger partial charge in [0.15, 0.2) is 9.47 Å². The lowest BCUT2D eigenvalue weighted by Gasteiger charge is -2.14. The molecule has 4 nitrogen and oxygen atoms in total. The Hall–Kier alpha value is -1.77. The number of thiazole rings is 2. The number of anilines is 1. The van der Waals surface area contributed by atoms with Crippen LogP contribution in [0.25, 0.3) is 11.3 Å². The summed E-state index contributed by atoms with van der Waals surface area (Å²) in [5.74, 6) is -0.128. The second-order valence-electron chi connectivity index (χ2n) is 6.63. The van der Waals surface area contributed by atoms with Gasteiger partial charge >= 0.3 is 0 Å². The van der Waals surface area contributed by atoms with Gasteiger partial charge in [0.2, 0.25) is 5.91 Å². The molecule has 2 heterocycles. The van der Waals surface area contributed by atoms with Crippen molar-refractivity contribution in [2.75, 3.05) is 11.1 Å². The van der Waals surface area contributed by atoms with Crippen molar-refractivity contribution < 1.29 is 9.18 Å². The van der Waals surface area contributed by atoms with Crippen molar-refractivity contribution in [1.29, 1.82) is 0 Å². The Morgan fingerprint density at radius 2 is 1.88 bits per heavy atom. The van der Waals surface area contributed by atoms with Crippen molar-refractivity contribution in [3.63, 3.8) is 0 Å². The van der Waals surface area contributed by atoms with E-state index < -0.39 is 0 Å². The third-order valence-corrected chi connectivity index (χ3v) is 6.25. The first-order valence-electron chi connectivity index (χ1n) is 7.91. The van der Waals surface area contributed by atoms with Gasteiger partial charge in [0.1, 0.15) is 5.82 Å². The van der Waals surface area contributed by atoms with Crippen LogP contribution in [-0.2, 0) is 10.2 Å². The highest BCUT2D eigenvalue weighted by molar-refractivity contribution is 8.01. The number of nitrogens with zero attached hydrogens (tertiary/aromatic N) is 2. The fourth-order valence-electron chi connectivity index (χ4n) is 2.04. The minimum absolute atomic E-state index is 0.00914. The third-order valence-electron chi connectivity index (χ3n) is 3.47. The van der Waals surface area contributed by atoms with E-state index in [0.717, 1.165) is 15.6 Å². The summed E-state index contributed by atoms with van der Waals surface area (Å²) in [6, 6.07) is 6.12. The van der Waals surface area contributed by atoms with E-state index in [0.29, 0.717) is 10.8 Å². The lowest BCUT2D eigenvalue weighted by molar-refractivity contribution is -0.113. The first kappa shape index (κ1) is 19.0. The lowest BCUT2D eigenvalue weighted by Crippen LogP contribution is -2.14. The van der Waals surface area contributed by atoms with Gasteiger partial charge in [0.05, 0.1) is 17.1 Å². The van der Waals surface area contributed by atoms with Crippen molar-refractivity contribution in [2.24, 2.45) is 0 Å². The Morgan fingerprint density at radius 1 is 1.15 bits per heavy atom. The third kappa shape index (κ3) is 4.90. The zero-order chi connectivity index (χ0) is 18.7. The molecule has 1 N–H and O–H groups in total. The molecule has 0 saturated carbocycles. The van der Waals surface area contributed by atoms with E-state index >= 15 is 0 Å². The van der Waals surface area contributed by atoms with Gasteiger partial charge < -0.3 is 5.32 Å². The van der Waals surface area contributed by atoms with Crippen LogP contribution in [0.1, 0.15) is 26.5 Å². The summed E-state index contributed by atoms with van der Waals surface area (Å²) >= 11 is 4.32. The number of carbonyl (C=O) groups is 1. The average molecular weight is 408 g/mol. The predicted octanol–water partition coefficient (Wildman–Crippen LogP) is 5.43. The Morgan fingerprint density at radius 3 is 2.54 bits per heavy atom. The van der Waals surface area contributed by atoms with E-state index in [9.17, 15) is 9.18 Å². The quantitative estimate of drug-likeness (QED) is 0.573. The normalized spacial score (nSPS) is 11.5. The van der Waals surface area contributed by atoms with Gasteiger partial charge in [-0.15, -0.1) is 22.7 Å². The monoisotopic (exact) mass is 407 g/mol. The van der Waals surface area contributed by atoms with Crippen molar-refractivity contribution in [1.82, 2.24) is 9.97 Å². The second-order valence-corrected chi connectivity index (χ2v) is 9.57. The molecule has 0 atom stereocenters. The maximum atomic E-state index is 13.0. The zero-order valence-electron chi connectivity index (χ0n) is 14.6. The molecule has 0 aliphatic carbocycles. The summed E-state index contributed by atoms with van der Waals surface area (Å²) in [4.78, 5) is 21.1. The molecule has 0 radical (unpaired) electrons. The summed E-state index contributed by atoms with van der Waals surface area (Å²) in [5, 5.41) is 7.21. The predicted molar refractivity (Wildman–Crippen MR) is 108 cm³/mol. The molecule has 26 heavy (non-hydrogen) atoms.